The van der Waals surface area contributed by atoms with Gasteiger partial charge < -0.3 is 20.7 Å². The molecule has 1 amide bonds. The molecule has 0 radical (unpaired) electrons. The highest BCUT2D eigenvalue weighted by atomic mass is 16.5. The van der Waals surface area contributed by atoms with Crippen LogP contribution in [0.5, 0.6) is 0 Å². The van der Waals surface area contributed by atoms with E-state index in [1.807, 2.05) is 18.3 Å². The van der Waals surface area contributed by atoms with Gasteiger partial charge in [0.25, 0.3) is 0 Å². The van der Waals surface area contributed by atoms with Gasteiger partial charge in [-0.2, -0.15) is 0 Å². The summed E-state index contributed by atoms with van der Waals surface area (Å²) in [6.07, 6.45) is 7.30. The van der Waals surface area contributed by atoms with Crippen molar-refractivity contribution in [1.29, 1.82) is 0 Å². The highest BCUT2D eigenvalue weighted by Gasteiger charge is 2.26. The number of hydrogen-bond acceptors (Lipinski definition) is 5. The first-order valence-corrected chi connectivity index (χ1v) is 8.59. The zero-order chi connectivity index (χ0) is 16.1. The second-order valence-corrected chi connectivity index (χ2v) is 6.41. The van der Waals surface area contributed by atoms with Crippen LogP contribution in [0.4, 0.5) is 11.5 Å². The molecule has 3 heterocycles. The third kappa shape index (κ3) is 4.20. The number of nitrogens with two attached hydrogens (primary N) is 1. The lowest BCUT2D eigenvalue weighted by Crippen LogP contribution is -2.44. The average Bonchev–Trinajstić information content (AvgIpc) is 2.63. The predicted molar refractivity (Wildman–Crippen MR) is 90.4 cm³/mol. The summed E-state index contributed by atoms with van der Waals surface area (Å²) < 4.78 is 5.31. The number of carbonyl (C=O) groups is 1. The van der Waals surface area contributed by atoms with Crippen molar-refractivity contribution >= 4 is 17.4 Å². The van der Waals surface area contributed by atoms with E-state index in [1.54, 1.807) is 0 Å². The van der Waals surface area contributed by atoms with Gasteiger partial charge in [0.2, 0.25) is 5.91 Å². The number of nitrogens with zero attached hydrogens (tertiary/aromatic N) is 2. The van der Waals surface area contributed by atoms with Gasteiger partial charge in [0.1, 0.15) is 5.82 Å². The maximum absolute atomic E-state index is 12.3. The monoisotopic (exact) mass is 318 g/mol. The number of rotatable bonds is 4. The van der Waals surface area contributed by atoms with Crippen LogP contribution in [0.15, 0.2) is 18.3 Å². The molecular weight excluding hydrogens is 292 g/mol. The maximum atomic E-state index is 12.3. The first-order chi connectivity index (χ1) is 11.2. The van der Waals surface area contributed by atoms with Crippen molar-refractivity contribution in [2.45, 2.75) is 38.1 Å². The molecule has 126 valence electrons. The van der Waals surface area contributed by atoms with Crippen LogP contribution in [0.2, 0.25) is 0 Å². The van der Waals surface area contributed by atoms with Gasteiger partial charge in [-0.05, 0) is 50.2 Å². The van der Waals surface area contributed by atoms with E-state index in [0.29, 0.717) is 19.0 Å². The number of aromatic nitrogens is 1. The molecule has 3 rings (SSSR count). The summed E-state index contributed by atoms with van der Waals surface area (Å²) in [5.41, 5.74) is 7.20. The number of amides is 1. The fraction of sp³-hybridized carbons (Fsp3) is 0.647. The van der Waals surface area contributed by atoms with E-state index < -0.39 is 6.04 Å². The molecular formula is C17H26N4O2. The van der Waals surface area contributed by atoms with Gasteiger partial charge in [0.05, 0.1) is 17.9 Å². The topological polar surface area (TPSA) is 80.5 Å². The summed E-state index contributed by atoms with van der Waals surface area (Å²) in [5, 5.41) is 2.83. The minimum atomic E-state index is -0.498. The third-order valence-corrected chi connectivity index (χ3v) is 4.80. The first kappa shape index (κ1) is 16.2. The fourth-order valence-corrected chi connectivity index (χ4v) is 3.30. The Kier molecular flexibility index (Phi) is 5.46. The largest absolute Gasteiger partial charge is 0.381 e. The van der Waals surface area contributed by atoms with Gasteiger partial charge in [0.15, 0.2) is 0 Å². The van der Waals surface area contributed by atoms with Crippen LogP contribution in [0, 0.1) is 5.92 Å². The minimum Gasteiger partial charge on any atom is -0.381 e. The van der Waals surface area contributed by atoms with E-state index >= 15 is 0 Å². The smallest absolute Gasteiger partial charge is 0.242 e. The molecule has 23 heavy (non-hydrogen) atoms. The molecule has 0 saturated carbocycles. The van der Waals surface area contributed by atoms with Crippen LogP contribution in [0.3, 0.4) is 0 Å². The Hall–Kier alpha value is -1.66. The second-order valence-electron chi connectivity index (χ2n) is 6.41. The Morgan fingerprint density at radius 2 is 2.00 bits per heavy atom. The van der Waals surface area contributed by atoms with E-state index in [1.165, 1.54) is 19.3 Å². The van der Waals surface area contributed by atoms with Crippen LogP contribution in [0.25, 0.3) is 0 Å². The van der Waals surface area contributed by atoms with Gasteiger partial charge in [-0.3, -0.25) is 4.79 Å². The van der Waals surface area contributed by atoms with E-state index in [0.717, 1.165) is 31.6 Å². The van der Waals surface area contributed by atoms with Crippen molar-refractivity contribution in [3.63, 3.8) is 0 Å². The van der Waals surface area contributed by atoms with E-state index in [9.17, 15) is 4.79 Å². The summed E-state index contributed by atoms with van der Waals surface area (Å²) in [7, 11) is 0. The SMILES string of the molecule is NC(C(=O)Nc1ccc(N2CCCCC2)cn1)C1CCOCC1. The number of nitrogens with one attached hydrogen (secondary N) is 1. The molecule has 0 bridgehead atoms. The van der Waals surface area contributed by atoms with Gasteiger partial charge in [-0.25, -0.2) is 4.98 Å². The fourth-order valence-electron chi connectivity index (χ4n) is 3.30. The van der Waals surface area contributed by atoms with Crippen LogP contribution in [-0.2, 0) is 9.53 Å². The number of anilines is 2. The number of piperidine rings is 1. The molecule has 0 aliphatic carbocycles. The zero-order valence-corrected chi connectivity index (χ0v) is 13.5. The maximum Gasteiger partial charge on any atom is 0.242 e. The van der Waals surface area contributed by atoms with Gasteiger partial charge in [-0.1, -0.05) is 0 Å². The molecule has 6 heteroatoms. The molecule has 2 saturated heterocycles. The molecule has 1 aromatic heterocycles. The van der Waals surface area contributed by atoms with Crippen molar-refractivity contribution in [2.75, 3.05) is 36.5 Å². The Labute approximate surface area is 137 Å². The number of pyridine rings is 1. The number of ether oxygens (including phenoxy) is 1. The highest BCUT2D eigenvalue weighted by Crippen LogP contribution is 2.21. The Balaban J connectivity index is 1.55. The summed E-state index contributed by atoms with van der Waals surface area (Å²) in [6.45, 7) is 3.55. The van der Waals surface area contributed by atoms with Crippen LogP contribution >= 0.6 is 0 Å². The van der Waals surface area contributed by atoms with Crippen molar-refractivity contribution in [1.82, 2.24) is 4.98 Å². The summed E-state index contributed by atoms with van der Waals surface area (Å²) in [5.74, 6) is 0.602. The van der Waals surface area contributed by atoms with Crippen molar-refractivity contribution < 1.29 is 9.53 Å². The van der Waals surface area contributed by atoms with Crippen LogP contribution in [0.1, 0.15) is 32.1 Å². The first-order valence-electron chi connectivity index (χ1n) is 8.59. The summed E-state index contributed by atoms with van der Waals surface area (Å²) in [6, 6.07) is 3.38. The molecule has 1 atom stereocenters. The number of hydrogen-bond donors (Lipinski definition) is 2. The van der Waals surface area contributed by atoms with Gasteiger partial charge in [0, 0.05) is 26.3 Å². The van der Waals surface area contributed by atoms with Crippen LogP contribution < -0.4 is 16.0 Å². The molecule has 0 spiro atoms. The van der Waals surface area contributed by atoms with Crippen molar-refractivity contribution in [3.05, 3.63) is 18.3 Å². The van der Waals surface area contributed by atoms with Crippen molar-refractivity contribution in [2.24, 2.45) is 11.7 Å². The molecule has 2 aliphatic heterocycles. The molecule has 1 aromatic rings. The molecule has 3 N–H and O–H groups in total. The highest BCUT2D eigenvalue weighted by molar-refractivity contribution is 5.94. The Morgan fingerprint density at radius 3 is 2.65 bits per heavy atom. The van der Waals surface area contributed by atoms with Gasteiger partial charge in [-0.15, -0.1) is 0 Å². The molecule has 2 aliphatic rings. The average molecular weight is 318 g/mol. The van der Waals surface area contributed by atoms with Crippen molar-refractivity contribution in [3.8, 4) is 0 Å². The molecule has 2 fully saturated rings. The predicted octanol–water partition coefficient (Wildman–Crippen LogP) is 1.76. The zero-order valence-electron chi connectivity index (χ0n) is 13.5. The molecule has 1 unspecified atom stereocenters. The Bertz CT molecular complexity index is 508. The summed E-state index contributed by atoms with van der Waals surface area (Å²) in [4.78, 5) is 19.0. The van der Waals surface area contributed by atoms with Gasteiger partial charge >= 0.3 is 0 Å². The standard InChI is InChI=1S/C17H26N4O2/c18-16(13-6-10-23-11-7-13)17(22)20-15-5-4-14(12-19-15)21-8-2-1-3-9-21/h4-5,12-13,16H,1-3,6-11,18H2,(H,19,20,22). The quantitative estimate of drug-likeness (QED) is 0.884. The normalized spacial score (nSPS) is 21.0. The number of carbonyl (C=O) groups excluding carboxylic acids is 1. The minimum absolute atomic E-state index is 0.157. The van der Waals surface area contributed by atoms with Crippen LogP contribution in [-0.4, -0.2) is 43.2 Å². The summed E-state index contributed by atoms with van der Waals surface area (Å²) >= 11 is 0. The van der Waals surface area contributed by atoms with E-state index in [4.69, 9.17) is 10.5 Å². The van der Waals surface area contributed by atoms with E-state index in [-0.39, 0.29) is 11.8 Å². The lowest BCUT2D eigenvalue weighted by molar-refractivity contribution is -0.119. The lowest BCUT2D eigenvalue weighted by atomic mass is 9.92. The lowest BCUT2D eigenvalue weighted by Gasteiger charge is -2.28. The molecule has 6 nitrogen and oxygen atoms in total. The Morgan fingerprint density at radius 1 is 1.26 bits per heavy atom. The third-order valence-electron chi connectivity index (χ3n) is 4.80. The second kappa shape index (κ2) is 7.75. The van der Waals surface area contributed by atoms with E-state index in [2.05, 4.69) is 15.2 Å². The molecule has 0 aromatic carbocycles.